The van der Waals surface area contributed by atoms with Crippen LogP contribution in [0.4, 0.5) is 5.88 Å². The Balaban J connectivity index is 1.21. The number of benzene rings is 1. The van der Waals surface area contributed by atoms with E-state index >= 15 is 0 Å². The summed E-state index contributed by atoms with van der Waals surface area (Å²) < 4.78 is 5.60. The van der Waals surface area contributed by atoms with E-state index in [9.17, 15) is 10.1 Å². The average Bonchev–Trinajstić information content (AvgIpc) is 3.17. The molecule has 1 amide bonds. The molecule has 7 heteroatoms. The van der Waals surface area contributed by atoms with Crippen LogP contribution in [0.2, 0.25) is 0 Å². The molecular formula is C23H29N5O2. The monoisotopic (exact) mass is 407 g/mol. The third-order valence-corrected chi connectivity index (χ3v) is 6.17. The summed E-state index contributed by atoms with van der Waals surface area (Å²) in [6.45, 7) is 6.85. The molecule has 2 aromatic rings. The van der Waals surface area contributed by atoms with Crippen LogP contribution < -0.4 is 4.90 Å². The minimum Gasteiger partial charge on any atom is -0.424 e. The fraction of sp³-hybridized carbons (Fsp3) is 0.522. The highest BCUT2D eigenvalue weighted by molar-refractivity contribution is 5.78. The van der Waals surface area contributed by atoms with Crippen LogP contribution in [-0.4, -0.2) is 66.5 Å². The number of nitriles is 1. The van der Waals surface area contributed by atoms with Crippen molar-refractivity contribution >= 4 is 11.8 Å². The van der Waals surface area contributed by atoms with Crippen LogP contribution in [0.1, 0.15) is 30.0 Å². The van der Waals surface area contributed by atoms with Gasteiger partial charge in [-0.25, -0.2) is 4.98 Å². The summed E-state index contributed by atoms with van der Waals surface area (Å²) >= 11 is 0. The predicted molar refractivity (Wildman–Crippen MR) is 114 cm³/mol. The van der Waals surface area contributed by atoms with E-state index in [0.717, 1.165) is 32.4 Å². The zero-order valence-electron chi connectivity index (χ0n) is 17.6. The molecule has 3 heterocycles. The van der Waals surface area contributed by atoms with Gasteiger partial charge in [0.05, 0.1) is 6.54 Å². The van der Waals surface area contributed by atoms with Crippen molar-refractivity contribution in [1.82, 2.24) is 14.8 Å². The number of likely N-dealkylation sites (tertiary alicyclic amines) is 1. The Morgan fingerprint density at radius 3 is 2.50 bits per heavy atom. The van der Waals surface area contributed by atoms with Crippen molar-refractivity contribution in [2.24, 2.45) is 5.92 Å². The Morgan fingerprint density at radius 2 is 1.83 bits per heavy atom. The zero-order valence-corrected chi connectivity index (χ0v) is 17.6. The molecule has 0 bridgehead atoms. The maximum atomic E-state index is 12.8. The van der Waals surface area contributed by atoms with Gasteiger partial charge < -0.3 is 14.2 Å². The van der Waals surface area contributed by atoms with Crippen molar-refractivity contribution in [2.75, 3.05) is 50.7 Å². The number of nitrogens with zero attached hydrogens (tertiary/aromatic N) is 5. The highest BCUT2D eigenvalue weighted by Crippen LogP contribution is 2.24. The topological polar surface area (TPSA) is 76.6 Å². The molecule has 0 spiro atoms. The Kier molecular flexibility index (Phi) is 6.34. The number of aryl methyl sites for hydroxylation is 1. The van der Waals surface area contributed by atoms with E-state index in [-0.39, 0.29) is 5.91 Å². The van der Waals surface area contributed by atoms with Gasteiger partial charge in [-0.2, -0.15) is 5.26 Å². The fourth-order valence-corrected chi connectivity index (χ4v) is 4.45. The number of rotatable bonds is 5. The van der Waals surface area contributed by atoms with Crippen LogP contribution in [0, 0.1) is 24.2 Å². The minimum absolute atomic E-state index is 0.199. The minimum atomic E-state index is 0.199. The second-order valence-corrected chi connectivity index (χ2v) is 8.28. The van der Waals surface area contributed by atoms with Crippen LogP contribution in [0.3, 0.4) is 0 Å². The third kappa shape index (κ3) is 4.82. The molecule has 0 saturated carbocycles. The van der Waals surface area contributed by atoms with Crippen LogP contribution in [0.15, 0.2) is 34.7 Å². The number of amides is 1. The van der Waals surface area contributed by atoms with Crippen LogP contribution in [0.25, 0.3) is 0 Å². The molecule has 158 valence electrons. The first-order chi connectivity index (χ1) is 14.6. The lowest BCUT2D eigenvalue weighted by Crippen LogP contribution is -2.52. The Labute approximate surface area is 177 Å². The van der Waals surface area contributed by atoms with Gasteiger partial charge in [0.15, 0.2) is 5.89 Å². The van der Waals surface area contributed by atoms with Crippen molar-refractivity contribution < 1.29 is 9.21 Å². The first-order valence-corrected chi connectivity index (χ1v) is 10.8. The number of anilines is 1. The highest BCUT2D eigenvalue weighted by atomic mass is 16.4. The summed E-state index contributed by atoms with van der Waals surface area (Å²) in [6, 6.07) is 12.8. The van der Waals surface area contributed by atoms with E-state index in [4.69, 9.17) is 4.42 Å². The summed E-state index contributed by atoms with van der Waals surface area (Å²) in [7, 11) is 0. The quantitative estimate of drug-likeness (QED) is 0.758. The van der Waals surface area contributed by atoms with Gasteiger partial charge in [0.1, 0.15) is 6.07 Å². The van der Waals surface area contributed by atoms with E-state index in [2.05, 4.69) is 46.3 Å². The first kappa shape index (κ1) is 20.4. The molecular weight excluding hydrogens is 378 g/mol. The van der Waals surface area contributed by atoms with Gasteiger partial charge in [0, 0.05) is 33.1 Å². The summed E-state index contributed by atoms with van der Waals surface area (Å²) in [5, 5.41) is 9.22. The number of carbonyl (C=O) groups excluding carboxylic acids is 1. The molecule has 7 nitrogen and oxygen atoms in total. The van der Waals surface area contributed by atoms with Crippen molar-refractivity contribution in [3.63, 3.8) is 0 Å². The van der Waals surface area contributed by atoms with Crippen molar-refractivity contribution in [2.45, 2.75) is 26.2 Å². The number of aromatic nitrogens is 1. The summed E-state index contributed by atoms with van der Waals surface area (Å²) in [6.07, 6.45) is 3.44. The molecule has 2 aliphatic heterocycles. The predicted octanol–water partition coefficient (Wildman–Crippen LogP) is 2.46. The Morgan fingerprint density at radius 1 is 1.13 bits per heavy atom. The lowest BCUT2D eigenvalue weighted by atomic mass is 9.90. The zero-order chi connectivity index (χ0) is 20.9. The number of hydrogen-bond donors (Lipinski definition) is 0. The largest absolute Gasteiger partial charge is 0.424 e. The van der Waals surface area contributed by atoms with Crippen molar-refractivity contribution in [1.29, 1.82) is 5.26 Å². The van der Waals surface area contributed by atoms with Gasteiger partial charge in [-0.3, -0.25) is 9.69 Å². The number of piperidine rings is 1. The van der Waals surface area contributed by atoms with Gasteiger partial charge in [0.2, 0.25) is 17.5 Å². The molecule has 2 saturated heterocycles. The summed E-state index contributed by atoms with van der Waals surface area (Å²) in [5.41, 5.74) is 1.73. The number of hydrogen-bond acceptors (Lipinski definition) is 6. The first-order valence-electron chi connectivity index (χ1n) is 10.8. The van der Waals surface area contributed by atoms with Crippen molar-refractivity contribution in [3.05, 3.63) is 47.5 Å². The normalized spacial score (nSPS) is 18.4. The molecule has 2 aliphatic rings. The molecule has 1 aromatic heterocycles. The van der Waals surface area contributed by atoms with Crippen LogP contribution in [0.5, 0.6) is 0 Å². The third-order valence-electron chi connectivity index (χ3n) is 6.17. The van der Waals surface area contributed by atoms with Crippen molar-refractivity contribution in [3.8, 4) is 6.07 Å². The molecule has 0 N–H and O–H groups in total. The maximum Gasteiger partial charge on any atom is 0.236 e. The highest BCUT2D eigenvalue weighted by Gasteiger charge is 2.27. The van der Waals surface area contributed by atoms with Gasteiger partial charge in [-0.05, 0) is 43.8 Å². The second kappa shape index (κ2) is 9.31. The number of carbonyl (C=O) groups is 1. The molecule has 30 heavy (non-hydrogen) atoms. The number of oxazole rings is 1. The Hall–Kier alpha value is -2.85. The lowest BCUT2D eigenvalue weighted by Gasteiger charge is -2.37. The van der Waals surface area contributed by atoms with E-state index < -0.39 is 0 Å². The second-order valence-electron chi connectivity index (χ2n) is 8.28. The molecule has 4 rings (SSSR count). The molecule has 0 atom stereocenters. The van der Waals surface area contributed by atoms with E-state index in [0.29, 0.717) is 56.1 Å². The smallest absolute Gasteiger partial charge is 0.236 e. The number of piperazine rings is 1. The summed E-state index contributed by atoms with van der Waals surface area (Å²) in [4.78, 5) is 23.1. The van der Waals surface area contributed by atoms with E-state index in [1.54, 1.807) is 6.92 Å². The summed E-state index contributed by atoms with van der Waals surface area (Å²) in [5.74, 6) is 1.94. The fourth-order valence-electron chi connectivity index (χ4n) is 4.45. The molecule has 0 aliphatic carbocycles. The van der Waals surface area contributed by atoms with Gasteiger partial charge >= 0.3 is 0 Å². The molecule has 0 unspecified atom stereocenters. The van der Waals surface area contributed by atoms with Gasteiger partial charge in [-0.15, -0.1) is 0 Å². The molecule has 0 radical (unpaired) electrons. The van der Waals surface area contributed by atoms with Gasteiger partial charge in [0.25, 0.3) is 0 Å². The maximum absolute atomic E-state index is 12.8. The lowest BCUT2D eigenvalue weighted by molar-refractivity contribution is -0.133. The van der Waals surface area contributed by atoms with Crippen LogP contribution >= 0.6 is 0 Å². The van der Waals surface area contributed by atoms with E-state index in [1.165, 1.54) is 5.56 Å². The average molecular weight is 408 g/mol. The SMILES string of the molecule is Cc1nc(C#N)c(N2CCN(C(=O)CN3CCC(Cc4ccccc4)CC3)CC2)o1. The standard InChI is InChI=1S/C23H29N5O2/c1-18-25-21(16-24)23(30-18)28-13-11-27(12-14-28)22(29)17-26-9-7-20(8-10-26)15-19-5-3-2-4-6-19/h2-6,20H,7-15,17H2,1H3. The van der Waals surface area contributed by atoms with E-state index in [1.807, 2.05) is 9.80 Å². The molecule has 1 aromatic carbocycles. The van der Waals surface area contributed by atoms with Crippen LogP contribution in [-0.2, 0) is 11.2 Å². The van der Waals surface area contributed by atoms with Gasteiger partial charge in [-0.1, -0.05) is 30.3 Å². The molecule has 2 fully saturated rings. The Bertz CT molecular complexity index is 888.